The van der Waals surface area contributed by atoms with Crippen molar-refractivity contribution in [3.63, 3.8) is 0 Å². The first-order valence-electron chi connectivity index (χ1n) is 20.3. The van der Waals surface area contributed by atoms with Crippen LogP contribution in [0.3, 0.4) is 0 Å². The van der Waals surface area contributed by atoms with Gasteiger partial charge in [-0.2, -0.15) is 10.5 Å². The number of urea groups is 1. The van der Waals surface area contributed by atoms with Gasteiger partial charge in [0.25, 0.3) is 0 Å². The summed E-state index contributed by atoms with van der Waals surface area (Å²) >= 11 is 0. The third-order valence-electron chi connectivity index (χ3n) is 9.80. The van der Waals surface area contributed by atoms with Gasteiger partial charge in [-0.3, -0.25) is 9.97 Å². The largest absolute Gasteiger partial charge is 0.487 e. The number of amides is 2. The fraction of sp³-hybridized carbons (Fsp3) is 0.0377. The molecule has 2 amide bonds. The Hall–Kier alpha value is -9.39. The van der Waals surface area contributed by atoms with E-state index in [1.807, 2.05) is 91.0 Å². The monoisotopic (exact) mass is 853 g/mol. The van der Waals surface area contributed by atoms with Gasteiger partial charge in [-0.05, 0) is 96.1 Å². The summed E-state index contributed by atoms with van der Waals surface area (Å²) in [6.07, 6.45) is 3.32. The minimum atomic E-state index is -0.339. The molecule has 0 aliphatic carbocycles. The van der Waals surface area contributed by atoms with Crippen molar-refractivity contribution in [3.8, 4) is 46.6 Å². The summed E-state index contributed by atoms with van der Waals surface area (Å²) in [4.78, 5) is 21.1. The first-order chi connectivity index (χ1) is 31.9. The molecule has 0 aliphatic rings. The molecule has 0 saturated carbocycles. The number of hydrogen-bond donors (Lipinski definition) is 3. The smallest absolute Gasteiger partial charge is 0.323 e. The number of carbonyl (C=O) groups is 1. The highest BCUT2D eigenvalue weighted by molar-refractivity contribution is 5.99. The number of aromatic nitrogens is 2. The molecule has 2 heterocycles. The van der Waals surface area contributed by atoms with E-state index in [2.05, 4.69) is 32.7 Å². The second kappa shape index (κ2) is 20.4. The Balaban J connectivity index is 0.000000184. The van der Waals surface area contributed by atoms with Gasteiger partial charge in [0.15, 0.2) is 0 Å². The van der Waals surface area contributed by atoms with Gasteiger partial charge in [0.05, 0.1) is 22.2 Å². The summed E-state index contributed by atoms with van der Waals surface area (Å²) < 4.78 is 23.9. The Kier molecular flexibility index (Phi) is 13.3. The van der Waals surface area contributed by atoms with Crippen LogP contribution in [0.5, 0.6) is 34.5 Å². The number of fused-ring (bicyclic) bond motifs is 2. The number of anilines is 3. The van der Waals surface area contributed by atoms with Crippen LogP contribution in [0.2, 0.25) is 0 Å². The van der Waals surface area contributed by atoms with Gasteiger partial charge in [-0.1, -0.05) is 78.9 Å². The average Bonchev–Trinajstić information content (AvgIpc) is 3.34. The number of rotatable bonds is 12. The summed E-state index contributed by atoms with van der Waals surface area (Å²) in [7, 11) is 0. The van der Waals surface area contributed by atoms with Crippen molar-refractivity contribution in [2.75, 3.05) is 16.4 Å². The number of nitrogen functional groups attached to an aromatic ring is 1. The molecule has 0 unspecified atom stereocenters. The van der Waals surface area contributed by atoms with Crippen molar-refractivity contribution in [1.82, 2.24) is 9.97 Å². The van der Waals surface area contributed by atoms with E-state index < -0.39 is 0 Å². The maximum absolute atomic E-state index is 12.2. The van der Waals surface area contributed by atoms with E-state index in [4.69, 9.17) is 24.7 Å². The zero-order valence-electron chi connectivity index (χ0n) is 34.7. The summed E-state index contributed by atoms with van der Waals surface area (Å²) in [6.45, 7) is 0.726. The molecule has 0 radical (unpaired) electrons. The lowest BCUT2D eigenvalue weighted by molar-refractivity contribution is 0.262. The number of carbonyl (C=O) groups excluding carboxylic acids is 1. The van der Waals surface area contributed by atoms with E-state index in [1.54, 1.807) is 97.3 Å². The lowest BCUT2D eigenvalue weighted by Crippen LogP contribution is -2.19. The van der Waals surface area contributed by atoms with E-state index in [-0.39, 0.29) is 6.03 Å². The maximum Gasteiger partial charge on any atom is 0.323 e. The van der Waals surface area contributed by atoms with Crippen LogP contribution in [0, 0.1) is 22.7 Å². The second-order valence-corrected chi connectivity index (χ2v) is 14.4. The average molecular weight is 854 g/mol. The Morgan fingerprint density at radius 1 is 0.508 bits per heavy atom. The Bertz CT molecular complexity index is 3140. The third-order valence-corrected chi connectivity index (χ3v) is 9.80. The molecule has 9 rings (SSSR count). The number of nitrogens with zero attached hydrogens (tertiary/aromatic N) is 4. The molecule has 12 nitrogen and oxygen atoms in total. The first-order valence-corrected chi connectivity index (χ1v) is 20.3. The molecule has 12 heteroatoms. The Labute approximate surface area is 374 Å². The van der Waals surface area contributed by atoms with E-state index in [1.165, 1.54) is 0 Å². The third kappa shape index (κ3) is 11.1. The molecule has 316 valence electrons. The molecule has 0 aliphatic heterocycles. The van der Waals surface area contributed by atoms with Gasteiger partial charge in [0.1, 0.15) is 59.8 Å². The van der Waals surface area contributed by atoms with Crippen molar-refractivity contribution in [1.29, 1.82) is 10.5 Å². The summed E-state index contributed by atoms with van der Waals surface area (Å²) in [5, 5.41) is 26.3. The molecule has 2 aromatic heterocycles. The zero-order valence-corrected chi connectivity index (χ0v) is 34.7. The molecule has 0 fully saturated rings. The molecular formula is C53H39N7O5. The van der Waals surface area contributed by atoms with Gasteiger partial charge in [0.2, 0.25) is 0 Å². The van der Waals surface area contributed by atoms with Crippen LogP contribution in [-0.2, 0) is 13.2 Å². The number of nitrogens with two attached hydrogens (primary N) is 1. The molecular weight excluding hydrogens is 815 g/mol. The summed E-state index contributed by atoms with van der Waals surface area (Å²) in [5.74, 6) is 3.36. The molecule has 0 spiro atoms. The normalized spacial score (nSPS) is 10.4. The minimum absolute atomic E-state index is 0.339. The van der Waals surface area contributed by atoms with Crippen molar-refractivity contribution < 1.29 is 23.7 Å². The zero-order chi connectivity index (χ0) is 44.8. The van der Waals surface area contributed by atoms with Gasteiger partial charge >= 0.3 is 6.03 Å². The van der Waals surface area contributed by atoms with Crippen molar-refractivity contribution in [2.45, 2.75) is 13.2 Å². The number of nitriles is 2. The van der Waals surface area contributed by atoms with Crippen LogP contribution >= 0.6 is 0 Å². The highest BCUT2D eigenvalue weighted by atomic mass is 16.5. The van der Waals surface area contributed by atoms with Crippen LogP contribution in [-0.4, -0.2) is 16.0 Å². The molecule has 0 bridgehead atoms. The fourth-order valence-electron chi connectivity index (χ4n) is 6.57. The van der Waals surface area contributed by atoms with Gasteiger partial charge in [-0.25, -0.2) is 4.79 Å². The van der Waals surface area contributed by atoms with Crippen LogP contribution < -0.4 is 35.3 Å². The lowest BCUT2D eigenvalue weighted by atomic mass is 10.1. The van der Waals surface area contributed by atoms with E-state index in [0.29, 0.717) is 92.3 Å². The van der Waals surface area contributed by atoms with E-state index in [9.17, 15) is 15.3 Å². The number of benzene rings is 7. The van der Waals surface area contributed by atoms with Gasteiger partial charge < -0.3 is 35.3 Å². The summed E-state index contributed by atoms with van der Waals surface area (Å²) in [5.41, 5.74) is 11.9. The minimum Gasteiger partial charge on any atom is -0.487 e. The van der Waals surface area contributed by atoms with Gasteiger partial charge in [-0.15, -0.1) is 0 Å². The quantitative estimate of drug-likeness (QED) is 0.100. The second-order valence-electron chi connectivity index (χ2n) is 14.4. The van der Waals surface area contributed by atoms with Crippen LogP contribution in [0.25, 0.3) is 21.8 Å². The standard InChI is InChI=1S/C30H22N4O3.C23H17N3O2/c31-19-22-17-26-27(18-29(22)36-20-21-7-3-1-4-8-21)32-16-15-28(26)37-25-13-11-24(12-14-25)34-30(35)33-23-9-5-2-6-10-23;24-14-17-12-20-21(13-23(17)27-15-16-4-2-1-3-5-16)26-11-10-22(20)28-19-8-6-18(25)7-9-19/h1-18H,20H2,(H2,33,34,35);1-13H,15,25H2. The number of pyridine rings is 2. The highest BCUT2D eigenvalue weighted by Gasteiger charge is 2.14. The lowest BCUT2D eigenvalue weighted by Gasteiger charge is -2.13. The molecule has 0 saturated heterocycles. The number of ether oxygens (including phenoxy) is 4. The number of nitrogens with one attached hydrogen (secondary N) is 2. The molecule has 7 aromatic carbocycles. The predicted octanol–water partition coefficient (Wildman–Crippen LogP) is 12.2. The van der Waals surface area contributed by atoms with Crippen LogP contribution in [0.1, 0.15) is 22.3 Å². The first kappa shape index (κ1) is 42.3. The highest BCUT2D eigenvalue weighted by Crippen LogP contribution is 2.35. The maximum atomic E-state index is 12.2. The van der Waals surface area contributed by atoms with Crippen LogP contribution in [0.4, 0.5) is 21.9 Å². The fourth-order valence-corrected chi connectivity index (χ4v) is 6.57. The van der Waals surface area contributed by atoms with Crippen molar-refractivity contribution in [2.24, 2.45) is 0 Å². The Morgan fingerprint density at radius 2 is 0.923 bits per heavy atom. The van der Waals surface area contributed by atoms with Crippen molar-refractivity contribution >= 4 is 44.9 Å². The van der Waals surface area contributed by atoms with E-state index >= 15 is 0 Å². The topological polar surface area (TPSA) is 177 Å². The van der Waals surface area contributed by atoms with Crippen molar-refractivity contribution in [3.05, 3.63) is 211 Å². The van der Waals surface area contributed by atoms with Gasteiger partial charge in [0, 0.05) is 52.4 Å². The Morgan fingerprint density at radius 3 is 1.37 bits per heavy atom. The molecule has 0 atom stereocenters. The predicted molar refractivity (Wildman–Crippen MR) is 251 cm³/mol. The summed E-state index contributed by atoms with van der Waals surface area (Å²) in [6, 6.07) is 57.5. The van der Waals surface area contributed by atoms with Crippen LogP contribution in [0.15, 0.2) is 188 Å². The number of para-hydroxylation sites is 1. The molecule has 4 N–H and O–H groups in total. The SMILES string of the molecule is N#Cc1cc2c(Oc3ccc(N)cc3)ccnc2cc1OCc1ccccc1.N#Cc1cc2c(Oc3ccc(NC(=O)Nc4ccccc4)cc3)ccnc2cc1OCc1ccccc1. The molecule has 65 heavy (non-hydrogen) atoms. The van der Waals surface area contributed by atoms with E-state index in [0.717, 1.165) is 16.5 Å². The number of hydrogen-bond acceptors (Lipinski definition) is 10. The molecule has 9 aromatic rings.